The Balaban J connectivity index is 1.48. The highest BCUT2D eigenvalue weighted by atomic mass is 19.1. The van der Waals surface area contributed by atoms with Crippen molar-refractivity contribution in [1.82, 2.24) is 14.9 Å². The first-order valence-electron chi connectivity index (χ1n) is 8.14. The van der Waals surface area contributed by atoms with Gasteiger partial charge in [-0.2, -0.15) is 0 Å². The number of hydrogen-bond donors (Lipinski definition) is 0. The topological polar surface area (TPSA) is 42.2 Å². The number of rotatable bonds is 4. The molecule has 1 fully saturated rings. The van der Waals surface area contributed by atoms with Gasteiger partial charge in [0.25, 0.3) is 0 Å². The molecule has 24 heavy (non-hydrogen) atoms. The Bertz CT molecular complexity index is 784. The fourth-order valence-corrected chi connectivity index (χ4v) is 3.28. The second kappa shape index (κ2) is 6.53. The third-order valence-corrected chi connectivity index (χ3v) is 4.45. The normalized spacial score (nSPS) is 18.1. The van der Waals surface area contributed by atoms with E-state index < -0.39 is 0 Å². The molecule has 3 heterocycles. The van der Waals surface area contributed by atoms with Crippen molar-refractivity contribution in [2.24, 2.45) is 0 Å². The molecule has 0 bridgehead atoms. The molecule has 4 rings (SSSR count). The smallest absolute Gasteiger partial charge is 0.195 e. The Labute approximate surface area is 140 Å². The molecule has 2 aromatic heterocycles. The van der Waals surface area contributed by atoms with Crippen LogP contribution in [0.25, 0.3) is 11.6 Å². The average Bonchev–Trinajstić information content (AvgIpc) is 3.28. The number of aromatic nitrogens is 2. The van der Waals surface area contributed by atoms with Crippen molar-refractivity contribution in [3.63, 3.8) is 0 Å². The van der Waals surface area contributed by atoms with Crippen molar-refractivity contribution in [3.05, 3.63) is 72.0 Å². The molecule has 1 aromatic carbocycles. The second-order valence-electron chi connectivity index (χ2n) is 6.07. The van der Waals surface area contributed by atoms with E-state index in [9.17, 15) is 4.39 Å². The van der Waals surface area contributed by atoms with Crippen molar-refractivity contribution >= 4 is 0 Å². The van der Waals surface area contributed by atoms with E-state index in [0.29, 0.717) is 17.6 Å². The van der Waals surface area contributed by atoms with Gasteiger partial charge in [-0.1, -0.05) is 12.1 Å². The lowest BCUT2D eigenvalue weighted by molar-refractivity contribution is 0.248. The highest BCUT2D eigenvalue weighted by Crippen LogP contribution is 2.33. The van der Waals surface area contributed by atoms with Crippen LogP contribution >= 0.6 is 0 Å². The molecule has 1 atom stereocenters. The summed E-state index contributed by atoms with van der Waals surface area (Å²) < 4.78 is 18.4. The van der Waals surface area contributed by atoms with Crippen LogP contribution in [0.1, 0.15) is 30.0 Å². The van der Waals surface area contributed by atoms with Crippen molar-refractivity contribution in [1.29, 1.82) is 0 Å². The molecule has 4 nitrogen and oxygen atoms in total. The van der Waals surface area contributed by atoms with Crippen LogP contribution in [0.2, 0.25) is 0 Å². The third-order valence-electron chi connectivity index (χ3n) is 4.45. The van der Waals surface area contributed by atoms with E-state index in [1.54, 1.807) is 6.26 Å². The van der Waals surface area contributed by atoms with E-state index in [-0.39, 0.29) is 5.82 Å². The van der Waals surface area contributed by atoms with Crippen LogP contribution < -0.4 is 0 Å². The highest BCUT2D eigenvalue weighted by Gasteiger charge is 2.26. The SMILES string of the molecule is Fc1ccc([C@H]2CCCN2Cc2cnc(-c3ccco3)nc2)cc1. The monoisotopic (exact) mass is 323 g/mol. The molecule has 3 aromatic rings. The lowest BCUT2D eigenvalue weighted by Gasteiger charge is -2.24. The maximum Gasteiger partial charge on any atom is 0.195 e. The van der Waals surface area contributed by atoms with Gasteiger partial charge in [0.2, 0.25) is 0 Å². The van der Waals surface area contributed by atoms with E-state index in [4.69, 9.17) is 4.42 Å². The molecule has 1 aliphatic heterocycles. The molecule has 0 spiro atoms. The Morgan fingerprint density at radius 1 is 1.12 bits per heavy atom. The minimum atomic E-state index is -0.190. The first-order chi connectivity index (χ1) is 11.8. The summed E-state index contributed by atoms with van der Waals surface area (Å²) in [5.74, 6) is 1.08. The van der Waals surface area contributed by atoms with Gasteiger partial charge in [-0.25, -0.2) is 14.4 Å². The summed E-state index contributed by atoms with van der Waals surface area (Å²) in [4.78, 5) is 11.2. The fraction of sp³-hybridized carbons (Fsp3) is 0.263. The third kappa shape index (κ3) is 3.08. The van der Waals surface area contributed by atoms with Crippen LogP contribution in [0.3, 0.4) is 0 Å². The summed E-state index contributed by atoms with van der Waals surface area (Å²) in [7, 11) is 0. The van der Waals surface area contributed by atoms with Gasteiger partial charge in [0.15, 0.2) is 11.6 Å². The number of hydrogen-bond acceptors (Lipinski definition) is 4. The van der Waals surface area contributed by atoms with Crippen LogP contribution in [0.5, 0.6) is 0 Å². The first-order valence-corrected chi connectivity index (χ1v) is 8.14. The van der Waals surface area contributed by atoms with Gasteiger partial charge in [-0.3, -0.25) is 4.90 Å². The quantitative estimate of drug-likeness (QED) is 0.721. The molecular weight excluding hydrogens is 305 g/mol. The number of likely N-dealkylation sites (tertiary alicyclic amines) is 1. The second-order valence-corrected chi connectivity index (χ2v) is 6.07. The molecule has 1 saturated heterocycles. The zero-order chi connectivity index (χ0) is 16.4. The van der Waals surface area contributed by atoms with Gasteiger partial charge in [-0.05, 0) is 49.2 Å². The zero-order valence-electron chi connectivity index (χ0n) is 13.2. The average molecular weight is 323 g/mol. The van der Waals surface area contributed by atoms with Gasteiger partial charge in [0, 0.05) is 30.5 Å². The Kier molecular flexibility index (Phi) is 4.09. The number of benzene rings is 1. The summed E-state index contributed by atoms with van der Waals surface area (Å²) in [6.45, 7) is 1.82. The summed E-state index contributed by atoms with van der Waals surface area (Å²) in [6, 6.07) is 10.8. The van der Waals surface area contributed by atoms with Crippen molar-refractivity contribution in [2.75, 3.05) is 6.54 Å². The zero-order valence-corrected chi connectivity index (χ0v) is 13.2. The maximum atomic E-state index is 13.1. The maximum absolute atomic E-state index is 13.1. The van der Waals surface area contributed by atoms with Crippen LogP contribution in [-0.2, 0) is 6.54 Å². The van der Waals surface area contributed by atoms with Crippen molar-refractivity contribution in [3.8, 4) is 11.6 Å². The van der Waals surface area contributed by atoms with Crippen LogP contribution in [0, 0.1) is 5.82 Å². The van der Waals surface area contributed by atoms with Crippen LogP contribution in [0.4, 0.5) is 4.39 Å². The summed E-state index contributed by atoms with van der Waals surface area (Å²) in [6.07, 6.45) is 7.56. The van der Waals surface area contributed by atoms with E-state index in [1.807, 2.05) is 36.7 Å². The Hall–Kier alpha value is -2.53. The molecule has 1 aliphatic rings. The predicted molar refractivity (Wildman–Crippen MR) is 88.5 cm³/mol. The minimum Gasteiger partial charge on any atom is -0.461 e. The number of furan rings is 1. The minimum absolute atomic E-state index is 0.190. The van der Waals surface area contributed by atoms with Crippen molar-refractivity contribution in [2.45, 2.75) is 25.4 Å². The predicted octanol–water partition coefficient (Wildman–Crippen LogP) is 4.21. The molecule has 0 radical (unpaired) electrons. The van der Waals surface area contributed by atoms with E-state index in [0.717, 1.165) is 31.5 Å². The molecule has 0 unspecified atom stereocenters. The largest absolute Gasteiger partial charge is 0.461 e. The standard InChI is InChI=1S/C19H18FN3O/c20-16-7-5-15(6-8-16)17-3-1-9-23(17)13-14-11-21-19(22-12-14)18-4-2-10-24-18/h2,4-8,10-12,17H,1,3,9,13H2/t17-/m1/s1. The van der Waals surface area contributed by atoms with Gasteiger partial charge in [0.05, 0.1) is 6.26 Å². The molecule has 122 valence electrons. The van der Waals surface area contributed by atoms with Crippen LogP contribution in [0.15, 0.2) is 59.5 Å². The lowest BCUT2D eigenvalue weighted by atomic mass is 10.0. The molecule has 0 N–H and O–H groups in total. The fourth-order valence-electron chi connectivity index (χ4n) is 3.28. The molecule has 0 saturated carbocycles. The highest BCUT2D eigenvalue weighted by molar-refractivity contribution is 5.45. The van der Waals surface area contributed by atoms with Crippen molar-refractivity contribution < 1.29 is 8.81 Å². The van der Waals surface area contributed by atoms with Crippen LogP contribution in [-0.4, -0.2) is 21.4 Å². The molecule has 0 amide bonds. The Morgan fingerprint density at radius 2 is 1.92 bits per heavy atom. The van der Waals surface area contributed by atoms with E-state index >= 15 is 0 Å². The lowest BCUT2D eigenvalue weighted by Crippen LogP contribution is -2.23. The Morgan fingerprint density at radius 3 is 2.62 bits per heavy atom. The van der Waals surface area contributed by atoms with Gasteiger partial charge in [-0.15, -0.1) is 0 Å². The van der Waals surface area contributed by atoms with Gasteiger partial charge >= 0.3 is 0 Å². The first kappa shape index (κ1) is 15.0. The summed E-state index contributed by atoms with van der Waals surface area (Å²) in [5.41, 5.74) is 2.24. The summed E-state index contributed by atoms with van der Waals surface area (Å²) in [5, 5.41) is 0. The number of halogens is 1. The molecular formula is C19H18FN3O. The molecule has 0 aliphatic carbocycles. The molecule has 5 heteroatoms. The number of nitrogens with zero attached hydrogens (tertiary/aromatic N) is 3. The summed E-state index contributed by atoms with van der Waals surface area (Å²) >= 11 is 0. The van der Waals surface area contributed by atoms with E-state index in [1.165, 1.54) is 17.7 Å². The van der Waals surface area contributed by atoms with Gasteiger partial charge < -0.3 is 4.42 Å². The van der Waals surface area contributed by atoms with E-state index in [2.05, 4.69) is 14.9 Å². The van der Waals surface area contributed by atoms with Gasteiger partial charge in [0.1, 0.15) is 5.82 Å².